The molecule has 2 unspecified atom stereocenters. The minimum atomic E-state index is -1.01. The Labute approximate surface area is 188 Å². The second-order valence-corrected chi connectivity index (χ2v) is 8.33. The van der Waals surface area contributed by atoms with Gasteiger partial charge in [0, 0.05) is 6.54 Å². The number of nitrogens with zero attached hydrogens (tertiary/aromatic N) is 2. The van der Waals surface area contributed by atoms with Crippen LogP contribution in [0.5, 0.6) is 11.5 Å². The lowest BCUT2D eigenvalue weighted by Crippen LogP contribution is -2.65. The van der Waals surface area contributed by atoms with Crippen LogP contribution in [0.3, 0.4) is 0 Å². The van der Waals surface area contributed by atoms with Crippen molar-refractivity contribution in [3.8, 4) is 11.5 Å². The van der Waals surface area contributed by atoms with Crippen molar-refractivity contribution in [3.63, 3.8) is 0 Å². The number of likely N-dealkylation sites (tertiary alicyclic amines) is 1. The van der Waals surface area contributed by atoms with Crippen LogP contribution in [0.2, 0.25) is 0 Å². The van der Waals surface area contributed by atoms with Crippen molar-refractivity contribution in [3.05, 3.63) is 54.6 Å². The maximum absolute atomic E-state index is 13.2. The Kier molecular flexibility index (Phi) is 6.31. The van der Waals surface area contributed by atoms with E-state index in [-0.39, 0.29) is 17.4 Å². The van der Waals surface area contributed by atoms with Crippen molar-refractivity contribution < 1.29 is 29.0 Å². The third-order valence-corrected chi connectivity index (χ3v) is 6.13. The standard InChI is InChI=1S/C22H21N3O6S/c26-18(12-32-13-19(27)28)24-11-10-17-20(24)21(29)25(22(30)23-17)14-6-8-16(9-7-14)31-15-4-2-1-3-5-15/h1-9,17,20H,10-13H2,(H,23,30)(H,27,28). The summed E-state index contributed by atoms with van der Waals surface area (Å²) in [5, 5.41) is 11.6. The molecule has 2 aromatic rings. The van der Waals surface area contributed by atoms with Gasteiger partial charge in [0.1, 0.15) is 17.5 Å². The fraction of sp³-hybridized carbons (Fsp3) is 0.273. The molecule has 2 heterocycles. The molecule has 2 fully saturated rings. The number of carboxylic acid groups (broad SMARTS) is 1. The van der Waals surface area contributed by atoms with Crippen LogP contribution in [-0.4, -0.2) is 64.0 Å². The lowest BCUT2D eigenvalue weighted by Gasteiger charge is -2.36. The maximum atomic E-state index is 13.2. The summed E-state index contributed by atoms with van der Waals surface area (Å²) in [5.41, 5.74) is 0.367. The summed E-state index contributed by atoms with van der Waals surface area (Å²) in [5.74, 6) is -0.825. The van der Waals surface area contributed by atoms with Crippen molar-refractivity contribution in [2.45, 2.75) is 18.5 Å². The third kappa shape index (κ3) is 4.54. The zero-order valence-corrected chi connectivity index (χ0v) is 17.8. The van der Waals surface area contributed by atoms with Gasteiger partial charge in [-0.2, -0.15) is 0 Å². The predicted octanol–water partition coefficient (Wildman–Crippen LogP) is 2.32. The van der Waals surface area contributed by atoms with Gasteiger partial charge in [-0.05, 0) is 42.8 Å². The molecular formula is C22H21N3O6S. The highest BCUT2D eigenvalue weighted by Crippen LogP contribution is 2.30. The molecule has 2 aromatic carbocycles. The monoisotopic (exact) mass is 455 g/mol. The van der Waals surface area contributed by atoms with Crippen molar-refractivity contribution in [2.75, 3.05) is 23.0 Å². The number of aliphatic carboxylic acids is 1. The molecule has 9 nitrogen and oxygen atoms in total. The van der Waals surface area contributed by atoms with Gasteiger partial charge in [-0.25, -0.2) is 9.69 Å². The highest BCUT2D eigenvalue weighted by atomic mass is 32.2. The van der Waals surface area contributed by atoms with Gasteiger partial charge in [-0.3, -0.25) is 14.4 Å². The molecule has 2 atom stereocenters. The number of fused-ring (bicyclic) bond motifs is 1. The number of nitrogens with one attached hydrogen (secondary N) is 1. The van der Waals surface area contributed by atoms with E-state index < -0.39 is 30.0 Å². The second kappa shape index (κ2) is 9.31. The van der Waals surface area contributed by atoms with Crippen LogP contribution in [0.15, 0.2) is 54.6 Å². The van der Waals surface area contributed by atoms with Gasteiger partial charge in [0.15, 0.2) is 0 Å². The van der Waals surface area contributed by atoms with Crippen LogP contribution < -0.4 is 15.0 Å². The van der Waals surface area contributed by atoms with Gasteiger partial charge in [0.25, 0.3) is 5.91 Å². The smallest absolute Gasteiger partial charge is 0.329 e. The molecule has 2 N–H and O–H groups in total. The molecule has 2 saturated heterocycles. The number of rotatable bonds is 7. The molecule has 10 heteroatoms. The third-order valence-electron chi connectivity index (χ3n) is 5.23. The van der Waals surface area contributed by atoms with Crippen LogP contribution >= 0.6 is 11.8 Å². The average molecular weight is 455 g/mol. The summed E-state index contributed by atoms with van der Waals surface area (Å²) >= 11 is 0.980. The van der Waals surface area contributed by atoms with E-state index in [1.807, 2.05) is 30.3 Å². The maximum Gasteiger partial charge on any atom is 0.329 e. The Balaban J connectivity index is 1.47. The first-order valence-electron chi connectivity index (χ1n) is 10.0. The van der Waals surface area contributed by atoms with Gasteiger partial charge >= 0.3 is 12.0 Å². The van der Waals surface area contributed by atoms with E-state index in [0.29, 0.717) is 30.2 Å². The van der Waals surface area contributed by atoms with Crippen LogP contribution in [-0.2, 0) is 14.4 Å². The van der Waals surface area contributed by atoms with Crippen molar-refractivity contribution in [2.24, 2.45) is 0 Å². The highest BCUT2D eigenvalue weighted by Gasteiger charge is 2.49. The number of hydrogen-bond acceptors (Lipinski definition) is 6. The largest absolute Gasteiger partial charge is 0.481 e. The van der Waals surface area contributed by atoms with Gasteiger partial charge in [-0.1, -0.05) is 18.2 Å². The molecule has 0 bridgehead atoms. The molecule has 4 amide bonds. The molecule has 4 rings (SSSR count). The number of thioether (sulfide) groups is 1. The number of carboxylic acids is 1. The first-order valence-corrected chi connectivity index (χ1v) is 11.2. The number of hydrogen-bond donors (Lipinski definition) is 2. The minimum absolute atomic E-state index is 0.0394. The second-order valence-electron chi connectivity index (χ2n) is 7.35. The number of urea groups is 1. The van der Waals surface area contributed by atoms with E-state index in [9.17, 15) is 19.2 Å². The van der Waals surface area contributed by atoms with Crippen LogP contribution in [0.4, 0.5) is 10.5 Å². The average Bonchev–Trinajstić information content (AvgIpc) is 3.19. The molecule has 166 valence electrons. The van der Waals surface area contributed by atoms with Crippen LogP contribution in [0, 0.1) is 0 Å². The van der Waals surface area contributed by atoms with Crippen molar-refractivity contribution >= 4 is 41.3 Å². The normalized spacial score (nSPS) is 20.0. The number of imide groups is 1. The first kappa shape index (κ1) is 21.7. The summed E-state index contributed by atoms with van der Waals surface area (Å²) in [4.78, 5) is 51.6. The lowest BCUT2D eigenvalue weighted by atomic mass is 10.0. The summed E-state index contributed by atoms with van der Waals surface area (Å²) < 4.78 is 5.75. The Bertz CT molecular complexity index is 1030. The molecule has 0 spiro atoms. The highest BCUT2D eigenvalue weighted by molar-refractivity contribution is 8.00. The molecule has 0 aromatic heterocycles. The minimum Gasteiger partial charge on any atom is -0.481 e. The molecular weight excluding hydrogens is 434 g/mol. The van der Waals surface area contributed by atoms with Gasteiger partial charge in [-0.15, -0.1) is 11.8 Å². The van der Waals surface area contributed by atoms with E-state index in [4.69, 9.17) is 9.84 Å². The van der Waals surface area contributed by atoms with Crippen molar-refractivity contribution in [1.29, 1.82) is 0 Å². The van der Waals surface area contributed by atoms with Crippen LogP contribution in [0.25, 0.3) is 0 Å². The Morgan fingerprint density at radius 2 is 1.72 bits per heavy atom. The number of benzene rings is 2. The molecule has 0 radical (unpaired) electrons. The first-order chi connectivity index (χ1) is 15.4. The quantitative estimate of drug-likeness (QED) is 0.658. The Morgan fingerprint density at radius 1 is 1.03 bits per heavy atom. The number of para-hydroxylation sites is 1. The van der Waals surface area contributed by atoms with Gasteiger partial charge in [0.2, 0.25) is 5.91 Å². The topological polar surface area (TPSA) is 116 Å². The molecule has 0 aliphatic carbocycles. The number of ether oxygens (including phenoxy) is 1. The molecule has 2 aliphatic heterocycles. The predicted molar refractivity (Wildman–Crippen MR) is 118 cm³/mol. The number of anilines is 1. The van der Waals surface area contributed by atoms with Gasteiger partial charge in [0.05, 0.1) is 23.2 Å². The zero-order chi connectivity index (χ0) is 22.7. The van der Waals surface area contributed by atoms with E-state index in [1.54, 1.807) is 24.3 Å². The SMILES string of the molecule is O=C(O)CSCC(=O)N1CCC2NC(=O)N(c3ccc(Oc4ccccc4)cc3)C(=O)C21. The summed E-state index contributed by atoms with van der Waals surface area (Å²) in [6, 6.07) is 14.0. The van der Waals surface area contributed by atoms with Gasteiger partial charge < -0.3 is 20.1 Å². The number of carbonyl (C=O) groups excluding carboxylic acids is 3. The van der Waals surface area contributed by atoms with E-state index in [0.717, 1.165) is 16.7 Å². The molecule has 2 aliphatic rings. The summed E-state index contributed by atoms with van der Waals surface area (Å²) in [6.07, 6.45) is 0.467. The zero-order valence-electron chi connectivity index (χ0n) is 17.0. The van der Waals surface area contributed by atoms with E-state index >= 15 is 0 Å². The fourth-order valence-corrected chi connectivity index (χ4v) is 4.44. The fourth-order valence-electron chi connectivity index (χ4n) is 3.83. The number of amides is 4. The molecule has 32 heavy (non-hydrogen) atoms. The van der Waals surface area contributed by atoms with Crippen molar-refractivity contribution in [1.82, 2.24) is 10.2 Å². The number of carbonyl (C=O) groups is 4. The van der Waals surface area contributed by atoms with E-state index in [2.05, 4.69) is 5.32 Å². The summed E-state index contributed by atoms with van der Waals surface area (Å²) in [7, 11) is 0. The van der Waals surface area contributed by atoms with Crippen LogP contribution in [0.1, 0.15) is 6.42 Å². The Morgan fingerprint density at radius 3 is 2.41 bits per heavy atom. The Hall–Kier alpha value is -3.53. The lowest BCUT2D eigenvalue weighted by molar-refractivity contribution is -0.136. The van der Waals surface area contributed by atoms with E-state index in [1.165, 1.54) is 4.90 Å². The molecule has 0 saturated carbocycles. The summed E-state index contributed by atoms with van der Waals surface area (Å²) in [6.45, 7) is 0.325.